The third kappa shape index (κ3) is 2.54. The molecule has 2 N–H and O–H groups in total. The highest BCUT2D eigenvalue weighted by Gasteiger charge is 2.18. The number of fused-ring (bicyclic) bond motifs is 1. The second kappa shape index (κ2) is 5.25. The van der Waals surface area contributed by atoms with Gasteiger partial charge in [0, 0.05) is 25.3 Å². The maximum absolute atomic E-state index is 13.3. The fourth-order valence-electron chi connectivity index (χ4n) is 2.86. The zero-order chi connectivity index (χ0) is 14.1. The van der Waals surface area contributed by atoms with E-state index in [1.165, 1.54) is 11.1 Å². The van der Waals surface area contributed by atoms with Gasteiger partial charge in [-0.25, -0.2) is 4.39 Å². The Kier molecular flexibility index (Phi) is 3.45. The van der Waals surface area contributed by atoms with E-state index in [9.17, 15) is 4.39 Å². The molecular weight excluding hydrogens is 251 g/mol. The van der Waals surface area contributed by atoms with Gasteiger partial charge in [-0.05, 0) is 47.7 Å². The molecule has 1 aliphatic rings. The number of halogens is 1. The molecule has 0 unspecified atom stereocenters. The van der Waals surface area contributed by atoms with Gasteiger partial charge in [-0.2, -0.15) is 0 Å². The van der Waals surface area contributed by atoms with Gasteiger partial charge >= 0.3 is 0 Å². The number of hydrogen-bond donors (Lipinski definition) is 1. The van der Waals surface area contributed by atoms with Crippen molar-refractivity contribution in [1.29, 1.82) is 0 Å². The predicted molar refractivity (Wildman–Crippen MR) is 79.8 cm³/mol. The third-order valence-corrected chi connectivity index (χ3v) is 4.02. The highest BCUT2D eigenvalue weighted by Crippen LogP contribution is 2.25. The molecule has 0 aliphatic carbocycles. The van der Waals surface area contributed by atoms with Crippen molar-refractivity contribution in [2.24, 2.45) is 0 Å². The molecule has 0 saturated heterocycles. The van der Waals surface area contributed by atoms with Gasteiger partial charge in [0.1, 0.15) is 5.82 Å². The Morgan fingerprint density at radius 3 is 2.90 bits per heavy atom. The number of aryl methyl sites for hydroxylation is 1. The Morgan fingerprint density at radius 2 is 2.10 bits per heavy atom. The van der Waals surface area contributed by atoms with Crippen LogP contribution < -0.4 is 5.73 Å². The van der Waals surface area contributed by atoms with Crippen molar-refractivity contribution in [3.8, 4) is 0 Å². The van der Waals surface area contributed by atoms with E-state index in [1.807, 2.05) is 31.2 Å². The van der Waals surface area contributed by atoms with Crippen molar-refractivity contribution in [1.82, 2.24) is 4.90 Å². The minimum atomic E-state index is -0.137. The van der Waals surface area contributed by atoms with Crippen molar-refractivity contribution >= 4 is 5.69 Å². The molecule has 0 aromatic heterocycles. The summed E-state index contributed by atoms with van der Waals surface area (Å²) in [6, 6.07) is 11.5. The highest BCUT2D eigenvalue weighted by molar-refractivity contribution is 5.51. The summed E-state index contributed by atoms with van der Waals surface area (Å²) >= 11 is 0. The number of benzene rings is 2. The predicted octanol–water partition coefficient (Wildman–Crippen LogP) is 3.27. The second-order valence-electron chi connectivity index (χ2n) is 5.53. The molecule has 1 heterocycles. The summed E-state index contributed by atoms with van der Waals surface area (Å²) in [7, 11) is 0. The lowest BCUT2D eigenvalue weighted by Gasteiger charge is -2.29. The first-order chi connectivity index (χ1) is 9.63. The van der Waals surface area contributed by atoms with E-state index < -0.39 is 0 Å². The number of nitrogen functional groups attached to an aromatic ring is 1. The number of nitrogens with two attached hydrogens (primary N) is 1. The average molecular weight is 270 g/mol. The first kappa shape index (κ1) is 13.1. The fourth-order valence-corrected chi connectivity index (χ4v) is 2.86. The van der Waals surface area contributed by atoms with E-state index in [1.54, 1.807) is 6.07 Å². The first-order valence-corrected chi connectivity index (χ1v) is 6.97. The normalized spacial score (nSPS) is 15.1. The van der Waals surface area contributed by atoms with Gasteiger partial charge in [0.15, 0.2) is 0 Å². The molecule has 0 saturated carbocycles. The summed E-state index contributed by atoms with van der Waals surface area (Å²) in [5.41, 5.74) is 11.4. The summed E-state index contributed by atoms with van der Waals surface area (Å²) in [4.78, 5) is 2.37. The lowest BCUT2D eigenvalue weighted by atomic mass is 9.97. The molecular formula is C17H19FN2. The van der Waals surface area contributed by atoms with Crippen molar-refractivity contribution in [3.05, 3.63) is 64.5 Å². The Labute approximate surface area is 119 Å². The van der Waals surface area contributed by atoms with Crippen LogP contribution in [-0.2, 0) is 19.5 Å². The van der Waals surface area contributed by atoms with E-state index in [0.29, 0.717) is 5.56 Å². The molecule has 0 spiro atoms. The molecule has 0 bridgehead atoms. The maximum Gasteiger partial charge on any atom is 0.126 e. The molecule has 0 amide bonds. The van der Waals surface area contributed by atoms with E-state index in [0.717, 1.165) is 37.3 Å². The van der Waals surface area contributed by atoms with Gasteiger partial charge in [0.05, 0.1) is 0 Å². The van der Waals surface area contributed by atoms with Crippen LogP contribution in [0.2, 0.25) is 0 Å². The van der Waals surface area contributed by atoms with Crippen LogP contribution >= 0.6 is 0 Å². The molecule has 20 heavy (non-hydrogen) atoms. The van der Waals surface area contributed by atoms with Crippen molar-refractivity contribution in [3.63, 3.8) is 0 Å². The minimum absolute atomic E-state index is 0.137. The monoisotopic (exact) mass is 270 g/mol. The number of hydrogen-bond acceptors (Lipinski definition) is 2. The zero-order valence-electron chi connectivity index (χ0n) is 11.7. The van der Waals surface area contributed by atoms with Gasteiger partial charge in [0.2, 0.25) is 0 Å². The second-order valence-corrected chi connectivity index (χ2v) is 5.53. The molecule has 0 fully saturated rings. The van der Waals surface area contributed by atoms with Crippen LogP contribution in [0.5, 0.6) is 0 Å². The standard InChI is InChI=1S/C17H19FN2/c1-12-9-13(5-6-16(12)18)10-20-8-7-14-3-2-4-17(19)15(14)11-20/h2-6,9H,7-8,10-11,19H2,1H3. The molecule has 3 rings (SSSR count). The topological polar surface area (TPSA) is 29.3 Å². The molecule has 104 valence electrons. The van der Waals surface area contributed by atoms with Crippen LogP contribution in [0.3, 0.4) is 0 Å². The largest absolute Gasteiger partial charge is 0.398 e. The van der Waals surface area contributed by atoms with Crippen LogP contribution in [0, 0.1) is 12.7 Å². The quantitative estimate of drug-likeness (QED) is 0.849. The molecule has 3 heteroatoms. The van der Waals surface area contributed by atoms with Crippen molar-refractivity contribution < 1.29 is 4.39 Å². The zero-order valence-corrected chi connectivity index (χ0v) is 11.7. The van der Waals surface area contributed by atoms with Gasteiger partial charge in [-0.1, -0.05) is 24.3 Å². The summed E-state index contributed by atoms with van der Waals surface area (Å²) < 4.78 is 13.3. The smallest absolute Gasteiger partial charge is 0.126 e. The van der Waals surface area contributed by atoms with Gasteiger partial charge in [0.25, 0.3) is 0 Å². The lowest BCUT2D eigenvalue weighted by molar-refractivity contribution is 0.246. The molecule has 0 atom stereocenters. The van der Waals surface area contributed by atoms with Gasteiger partial charge in [-0.15, -0.1) is 0 Å². The van der Waals surface area contributed by atoms with Crippen LogP contribution in [0.4, 0.5) is 10.1 Å². The Hall–Kier alpha value is -1.87. The summed E-state index contributed by atoms with van der Waals surface area (Å²) in [5.74, 6) is -0.137. The van der Waals surface area contributed by atoms with Crippen molar-refractivity contribution in [2.75, 3.05) is 12.3 Å². The lowest BCUT2D eigenvalue weighted by Crippen LogP contribution is -2.30. The van der Waals surface area contributed by atoms with Crippen LogP contribution in [-0.4, -0.2) is 11.4 Å². The summed E-state index contributed by atoms with van der Waals surface area (Å²) in [6.45, 7) is 4.54. The van der Waals surface area contributed by atoms with E-state index in [4.69, 9.17) is 5.73 Å². The number of rotatable bonds is 2. The Morgan fingerprint density at radius 1 is 1.25 bits per heavy atom. The Bertz CT molecular complexity index is 637. The summed E-state index contributed by atoms with van der Waals surface area (Å²) in [5, 5.41) is 0. The van der Waals surface area contributed by atoms with Crippen molar-refractivity contribution in [2.45, 2.75) is 26.4 Å². The van der Waals surface area contributed by atoms with Crippen LogP contribution in [0.25, 0.3) is 0 Å². The van der Waals surface area contributed by atoms with Crippen LogP contribution in [0.15, 0.2) is 36.4 Å². The van der Waals surface area contributed by atoms with E-state index in [2.05, 4.69) is 11.0 Å². The van der Waals surface area contributed by atoms with Crippen LogP contribution in [0.1, 0.15) is 22.3 Å². The maximum atomic E-state index is 13.3. The highest BCUT2D eigenvalue weighted by atomic mass is 19.1. The van der Waals surface area contributed by atoms with E-state index in [-0.39, 0.29) is 5.82 Å². The molecule has 1 aliphatic heterocycles. The van der Waals surface area contributed by atoms with Gasteiger partial charge in [-0.3, -0.25) is 4.90 Å². The average Bonchev–Trinajstić information content (AvgIpc) is 2.44. The molecule has 2 nitrogen and oxygen atoms in total. The molecule has 2 aromatic rings. The van der Waals surface area contributed by atoms with E-state index >= 15 is 0 Å². The minimum Gasteiger partial charge on any atom is -0.398 e. The molecule has 2 aromatic carbocycles. The third-order valence-electron chi connectivity index (χ3n) is 4.02. The summed E-state index contributed by atoms with van der Waals surface area (Å²) in [6.07, 6.45) is 1.03. The number of anilines is 1. The Balaban J connectivity index is 1.77. The SMILES string of the molecule is Cc1cc(CN2CCc3cccc(N)c3C2)ccc1F. The first-order valence-electron chi connectivity index (χ1n) is 6.97. The number of nitrogens with zero attached hydrogens (tertiary/aromatic N) is 1. The molecule has 0 radical (unpaired) electrons. The fraction of sp³-hybridized carbons (Fsp3) is 0.294. The van der Waals surface area contributed by atoms with Gasteiger partial charge < -0.3 is 5.73 Å².